The predicted octanol–water partition coefficient (Wildman–Crippen LogP) is 6.21. The van der Waals surface area contributed by atoms with Crippen molar-refractivity contribution >= 4 is 57.2 Å². The Kier molecular flexibility index (Phi) is 21.4. The lowest BCUT2D eigenvalue weighted by molar-refractivity contribution is -0.145. The van der Waals surface area contributed by atoms with Crippen LogP contribution in [0.5, 0.6) is 0 Å². The highest BCUT2D eigenvalue weighted by Gasteiger charge is 2.70. The zero-order valence-electron chi connectivity index (χ0n) is 43.9. The number of hydrogen-bond donors (Lipinski definition) is 6. The van der Waals surface area contributed by atoms with E-state index in [0.29, 0.717) is 43.0 Å². The molecule has 1 unspecified atom stereocenters. The summed E-state index contributed by atoms with van der Waals surface area (Å²) in [5.74, 6) is -0.323. The van der Waals surface area contributed by atoms with E-state index in [1.807, 2.05) is 51.6 Å². The van der Waals surface area contributed by atoms with Crippen molar-refractivity contribution in [2.45, 2.75) is 150 Å². The largest absolute Gasteiger partial charge is 0.447 e. The van der Waals surface area contributed by atoms with Crippen LogP contribution in [0.1, 0.15) is 113 Å². The van der Waals surface area contributed by atoms with E-state index in [-0.39, 0.29) is 52.7 Å². The number of piperidine rings is 1. The molecular formula is C53H83N7O9S2. The van der Waals surface area contributed by atoms with Gasteiger partial charge in [0, 0.05) is 30.1 Å². The number of Topliss-reactive ketones (excluding diaryl/α,β-unsaturated/α-hetero) is 1. The summed E-state index contributed by atoms with van der Waals surface area (Å²) in [5.41, 5.74) is 12.3. The molecular weight excluding hydrogens is 943 g/mol. The third kappa shape index (κ3) is 17.5. The summed E-state index contributed by atoms with van der Waals surface area (Å²) in [4.78, 5) is 78.1. The Morgan fingerprint density at radius 1 is 0.887 bits per heavy atom. The van der Waals surface area contributed by atoms with Gasteiger partial charge in [0.25, 0.3) is 5.91 Å². The van der Waals surface area contributed by atoms with Crippen LogP contribution in [0.3, 0.4) is 0 Å². The van der Waals surface area contributed by atoms with E-state index >= 15 is 0 Å². The Labute approximate surface area is 427 Å². The molecule has 2 aromatic rings. The van der Waals surface area contributed by atoms with E-state index in [1.165, 1.54) is 10.5 Å². The molecule has 0 aromatic heterocycles. The van der Waals surface area contributed by atoms with Crippen molar-refractivity contribution < 1.29 is 41.9 Å². The van der Waals surface area contributed by atoms with E-state index in [2.05, 4.69) is 78.0 Å². The van der Waals surface area contributed by atoms with Crippen LogP contribution in [0, 0.1) is 46.3 Å². The second kappa shape index (κ2) is 25.8. The summed E-state index contributed by atoms with van der Waals surface area (Å²) in [7, 11) is -3.58. The Morgan fingerprint density at radius 3 is 1.94 bits per heavy atom. The van der Waals surface area contributed by atoms with E-state index in [0.717, 1.165) is 30.8 Å². The number of hydrogen-bond acceptors (Lipinski definition) is 11. The Bertz CT molecular complexity index is 2220. The monoisotopic (exact) mass is 1030 g/mol. The highest BCUT2D eigenvalue weighted by atomic mass is 32.2. The van der Waals surface area contributed by atoms with Gasteiger partial charge in [-0.2, -0.15) is 11.8 Å². The first-order chi connectivity index (χ1) is 33.1. The molecule has 0 spiro atoms. The van der Waals surface area contributed by atoms with E-state index in [9.17, 15) is 37.2 Å². The lowest BCUT2D eigenvalue weighted by Gasteiger charge is -2.38. The van der Waals surface area contributed by atoms with Gasteiger partial charge in [-0.05, 0) is 63.9 Å². The minimum absolute atomic E-state index is 0.0451. The number of nitrogens with one attached hydrogen (secondary N) is 4. The molecule has 396 valence electrons. The SMILES string of the molecule is CC(C)[C@@H](CS(=O)(=O)Cc1ccccc1)NC(=O)N[C@H](C(=O)N1C[C@H]2[C@@H]([C@H]1C(=O)NC(CC1CCC1)C(=O)C(N)=O)C2(C)C)C(C)(C)C.CC(C)[C@H](N)CSCc1ccccc1.CC(C)[C@H]1COC(=O)N1. The lowest BCUT2D eigenvalue weighted by Crippen LogP contribution is -2.62. The average molecular weight is 1030 g/mol. The number of primary amides is 1. The average Bonchev–Trinajstić information content (AvgIpc) is 3.62. The number of alkyl carbamates (subject to hydrolysis) is 1. The first kappa shape index (κ1) is 58.9. The zero-order chi connectivity index (χ0) is 53.0. The summed E-state index contributed by atoms with van der Waals surface area (Å²) in [6.45, 7) is 22.4. The molecule has 8 atom stereocenters. The third-order valence-corrected chi connectivity index (χ3v) is 17.2. The second-order valence-corrected chi connectivity index (χ2v) is 25.7. The van der Waals surface area contributed by atoms with E-state index < -0.39 is 69.0 Å². The number of fused-ring (bicyclic) bond motifs is 1. The smallest absolute Gasteiger partial charge is 0.407 e. The molecule has 2 heterocycles. The molecule has 2 saturated carbocycles. The molecule has 16 nitrogen and oxygen atoms in total. The van der Waals surface area contributed by atoms with Gasteiger partial charge in [0.1, 0.15) is 18.7 Å². The van der Waals surface area contributed by atoms with Gasteiger partial charge in [-0.15, -0.1) is 0 Å². The van der Waals surface area contributed by atoms with Crippen molar-refractivity contribution in [2.75, 3.05) is 24.7 Å². The van der Waals surface area contributed by atoms with Gasteiger partial charge in [-0.25, -0.2) is 18.0 Å². The fourth-order valence-electron chi connectivity index (χ4n) is 9.09. The van der Waals surface area contributed by atoms with Crippen molar-refractivity contribution in [3.8, 4) is 0 Å². The van der Waals surface area contributed by atoms with Crippen LogP contribution in [-0.4, -0.2) is 110 Å². The van der Waals surface area contributed by atoms with Gasteiger partial charge in [0.15, 0.2) is 9.84 Å². The summed E-state index contributed by atoms with van der Waals surface area (Å²) in [6, 6.07) is 15.5. The number of sulfone groups is 1. The third-order valence-electron chi connectivity index (χ3n) is 14.4. The van der Waals surface area contributed by atoms with Crippen molar-refractivity contribution in [2.24, 2.45) is 57.8 Å². The van der Waals surface area contributed by atoms with Crippen LogP contribution in [0.4, 0.5) is 9.59 Å². The van der Waals surface area contributed by atoms with Crippen molar-refractivity contribution in [3.05, 3.63) is 71.8 Å². The number of urea groups is 1. The summed E-state index contributed by atoms with van der Waals surface area (Å²) in [6.07, 6.45) is 2.86. The van der Waals surface area contributed by atoms with Crippen LogP contribution < -0.4 is 32.7 Å². The summed E-state index contributed by atoms with van der Waals surface area (Å²) in [5, 5.41) is 11.1. The number of cyclic esters (lactones) is 1. The van der Waals surface area contributed by atoms with Gasteiger partial charge in [0.05, 0.1) is 23.6 Å². The first-order valence-corrected chi connectivity index (χ1v) is 28.2. The molecule has 2 aliphatic heterocycles. The molecule has 0 bridgehead atoms. The van der Waals surface area contributed by atoms with Gasteiger partial charge >= 0.3 is 12.1 Å². The molecule has 4 aliphatic rings. The second-order valence-electron chi connectivity index (χ2n) is 22.5. The van der Waals surface area contributed by atoms with Crippen LogP contribution in [0.2, 0.25) is 0 Å². The number of benzene rings is 2. The molecule has 4 fully saturated rings. The number of nitrogens with zero attached hydrogens (tertiary/aromatic N) is 1. The Hall–Kier alpha value is -4.68. The van der Waals surface area contributed by atoms with Crippen LogP contribution in [0.15, 0.2) is 60.7 Å². The molecule has 6 amide bonds. The molecule has 6 rings (SSSR count). The quantitative estimate of drug-likeness (QED) is 0.0815. The molecule has 18 heteroatoms. The normalized spacial score (nSPS) is 21.9. The minimum Gasteiger partial charge on any atom is -0.447 e. The standard InChI is InChI=1S/C35H53N5O7S.C12H19NS.C6H11NO2/c1-20(2)25(19-48(46,47)18-22-12-9-8-10-13-22)38-33(45)39-29(34(3,4)5)32(44)40-17-23-26(35(23,6)7)27(40)31(43)37-24(28(41)30(36)42)16-21-14-11-15-21;1-10(2)12(13)9-14-8-11-6-4-3-5-7-11;1-4(2)5-3-9-6(8)7-5/h8-10,12-13,20-21,23-27,29H,11,14-19H2,1-7H3,(H2,36,42)(H,37,43)(H2,38,39,45);3-7,10,12H,8-9,13H2,1-2H3;4-5H,3H2,1-2H3,(H,7,8)/t23-,24?,25+,26-,27-,29+;12-;5-/m011/s1. The highest BCUT2D eigenvalue weighted by molar-refractivity contribution is 7.98. The minimum atomic E-state index is -3.58. The van der Waals surface area contributed by atoms with Crippen molar-refractivity contribution in [1.82, 2.24) is 26.2 Å². The summed E-state index contributed by atoms with van der Waals surface area (Å²) >= 11 is 1.92. The van der Waals surface area contributed by atoms with E-state index in [1.54, 1.807) is 45.0 Å². The maximum absolute atomic E-state index is 14.3. The highest BCUT2D eigenvalue weighted by Crippen LogP contribution is 2.65. The number of thioether (sulfide) groups is 1. The van der Waals surface area contributed by atoms with Gasteiger partial charge in [-0.3, -0.25) is 19.2 Å². The fourth-order valence-corrected chi connectivity index (χ4v) is 12.1. The van der Waals surface area contributed by atoms with Crippen LogP contribution in [0.25, 0.3) is 0 Å². The first-order valence-electron chi connectivity index (χ1n) is 25.2. The molecule has 0 radical (unpaired) electrons. The van der Waals surface area contributed by atoms with Crippen molar-refractivity contribution in [3.63, 3.8) is 0 Å². The van der Waals surface area contributed by atoms with Gasteiger partial charge in [0.2, 0.25) is 17.6 Å². The number of likely N-dealkylation sites (tertiary alicyclic amines) is 1. The van der Waals surface area contributed by atoms with Crippen LogP contribution >= 0.6 is 11.8 Å². The number of amides is 6. The number of carbonyl (C=O) groups excluding carboxylic acids is 6. The topological polar surface area (TPSA) is 249 Å². The maximum atomic E-state index is 14.3. The van der Waals surface area contributed by atoms with Gasteiger partial charge < -0.3 is 42.4 Å². The molecule has 2 aliphatic carbocycles. The number of rotatable bonds is 20. The Balaban J connectivity index is 0.000000386. The van der Waals surface area contributed by atoms with Crippen LogP contribution in [-0.2, 0) is 45.3 Å². The fraction of sp³-hybridized carbons (Fsp3) is 0.660. The zero-order valence-corrected chi connectivity index (χ0v) is 45.5. The molecule has 2 saturated heterocycles. The van der Waals surface area contributed by atoms with E-state index in [4.69, 9.17) is 11.5 Å². The number of carbonyl (C=O) groups is 6. The van der Waals surface area contributed by atoms with Crippen molar-refractivity contribution in [1.29, 1.82) is 0 Å². The van der Waals surface area contributed by atoms with Gasteiger partial charge in [-0.1, -0.05) is 156 Å². The lowest BCUT2D eigenvalue weighted by atomic mass is 9.80. The Morgan fingerprint density at radius 2 is 1.48 bits per heavy atom. The molecule has 71 heavy (non-hydrogen) atoms. The number of ketones is 1. The number of ether oxygens (including phenoxy) is 1. The predicted molar refractivity (Wildman–Crippen MR) is 280 cm³/mol. The summed E-state index contributed by atoms with van der Waals surface area (Å²) < 4.78 is 30.8. The molecule has 8 N–H and O–H groups in total. The molecule has 2 aromatic carbocycles. The number of nitrogens with two attached hydrogens (primary N) is 2. The maximum Gasteiger partial charge on any atom is 0.407 e.